The van der Waals surface area contributed by atoms with E-state index in [1.165, 1.54) is 0 Å². The van der Waals surface area contributed by atoms with E-state index in [1.807, 2.05) is 36.2 Å². The third kappa shape index (κ3) is 7.58. The molecule has 2 aromatic rings. The maximum atomic E-state index is 11.5. The number of nitrogens with one attached hydrogen (secondary N) is 2. The van der Waals surface area contributed by atoms with Crippen molar-refractivity contribution in [2.45, 2.75) is 33.6 Å². The van der Waals surface area contributed by atoms with Gasteiger partial charge in [-0.25, -0.2) is 13.1 Å². The van der Waals surface area contributed by atoms with Gasteiger partial charge in [-0.05, 0) is 67.8 Å². The number of nitrogen functional groups attached to an aromatic ring is 1. The number of hydrazine groups is 1. The fourth-order valence-electron chi connectivity index (χ4n) is 3.54. The molecule has 32 heavy (non-hydrogen) atoms. The third-order valence-electron chi connectivity index (χ3n) is 5.24. The first kappa shape index (κ1) is 25.8. The zero-order valence-electron chi connectivity index (χ0n) is 19.6. The van der Waals surface area contributed by atoms with Crippen LogP contribution in [-0.4, -0.2) is 52.6 Å². The third-order valence-corrected chi connectivity index (χ3v) is 5.97. The molecule has 0 saturated carbocycles. The fourth-order valence-corrected chi connectivity index (χ4v) is 4.01. The van der Waals surface area contributed by atoms with Gasteiger partial charge in [-0.1, -0.05) is 13.3 Å². The van der Waals surface area contributed by atoms with Crippen LogP contribution in [0.3, 0.4) is 0 Å². The van der Waals surface area contributed by atoms with Crippen molar-refractivity contribution >= 4 is 32.8 Å². The smallest absolute Gasteiger partial charge is 0.208 e. The molecule has 0 aromatic heterocycles. The minimum Gasteiger partial charge on any atom is -0.399 e. The van der Waals surface area contributed by atoms with Gasteiger partial charge in [-0.2, -0.15) is 0 Å². The number of aliphatic hydroxyl groups is 1. The monoisotopic (exact) mass is 463 g/mol. The summed E-state index contributed by atoms with van der Waals surface area (Å²) >= 11 is 0. The molecular formula is C23H37N5O3S. The fraction of sp³-hybridized carbons (Fsp3) is 0.478. The quantitative estimate of drug-likeness (QED) is 0.267. The van der Waals surface area contributed by atoms with Crippen LogP contribution in [0.15, 0.2) is 36.4 Å². The molecule has 0 aliphatic heterocycles. The van der Waals surface area contributed by atoms with Crippen molar-refractivity contribution in [2.24, 2.45) is 0 Å². The van der Waals surface area contributed by atoms with E-state index < -0.39 is 10.0 Å². The van der Waals surface area contributed by atoms with Crippen LogP contribution in [0.1, 0.15) is 31.4 Å². The van der Waals surface area contributed by atoms with Crippen LogP contribution >= 0.6 is 0 Å². The second-order valence-corrected chi connectivity index (χ2v) is 9.70. The van der Waals surface area contributed by atoms with E-state index in [-0.39, 0.29) is 13.2 Å². The lowest BCUT2D eigenvalue weighted by Crippen LogP contribution is -2.38. The van der Waals surface area contributed by atoms with Crippen LogP contribution in [0.25, 0.3) is 0 Å². The van der Waals surface area contributed by atoms with Crippen molar-refractivity contribution in [1.82, 2.24) is 4.72 Å². The molecule has 0 bridgehead atoms. The molecule has 5 N–H and O–H groups in total. The van der Waals surface area contributed by atoms with Crippen LogP contribution < -0.4 is 25.8 Å². The van der Waals surface area contributed by atoms with Crippen molar-refractivity contribution in [2.75, 3.05) is 60.1 Å². The average Bonchev–Trinajstić information content (AvgIpc) is 2.73. The zero-order chi connectivity index (χ0) is 23.7. The molecule has 0 aliphatic rings. The lowest BCUT2D eigenvalue weighted by Gasteiger charge is -2.29. The molecule has 178 valence electrons. The average molecular weight is 464 g/mol. The topological polar surface area (TPSA) is 111 Å². The molecule has 0 spiro atoms. The molecule has 0 atom stereocenters. The Morgan fingerprint density at radius 1 is 1.06 bits per heavy atom. The van der Waals surface area contributed by atoms with Crippen molar-refractivity contribution in [1.29, 1.82) is 0 Å². The first-order valence-corrected chi connectivity index (χ1v) is 12.9. The molecule has 0 heterocycles. The Bertz CT molecular complexity index is 982. The molecular weight excluding hydrogens is 426 g/mol. The second-order valence-electron chi connectivity index (χ2n) is 7.87. The van der Waals surface area contributed by atoms with Crippen molar-refractivity contribution in [3.05, 3.63) is 47.5 Å². The standard InChI is InChI=1S/C23H37N5O3S/c1-5-7-19-17-21(8-10-22(19)24)28(13-12-25-32(4,30)31)26-23-11-9-20(16-18(23)3)27(6-2)14-15-29/h8-11,16-17,25-26,29H,5-7,12-15,24H2,1-4H3. The van der Waals surface area contributed by atoms with Gasteiger partial charge in [0.15, 0.2) is 0 Å². The van der Waals surface area contributed by atoms with Gasteiger partial charge in [-0.3, -0.25) is 10.4 Å². The number of rotatable bonds is 13. The normalized spacial score (nSPS) is 11.4. The van der Waals surface area contributed by atoms with Gasteiger partial charge in [0.1, 0.15) is 0 Å². The predicted octanol–water partition coefficient (Wildman–Crippen LogP) is 2.73. The van der Waals surface area contributed by atoms with Crippen LogP contribution in [0.2, 0.25) is 0 Å². The first-order chi connectivity index (χ1) is 15.2. The van der Waals surface area contributed by atoms with Gasteiger partial charge in [0.25, 0.3) is 0 Å². The summed E-state index contributed by atoms with van der Waals surface area (Å²) < 4.78 is 25.6. The van der Waals surface area contributed by atoms with Crippen LogP contribution in [0.4, 0.5) is 22.7 Å². The molecule has 8 nitrogen and oxygen atoms in total. The summed E-state index contributed by atoms with van der Waals surface area (Å²) in [6.07, 6.45) is 3.02. The number of benzene rings is 2. The van der Waals surface area contributed by atoms with E-state index in [4.69, 9.17) is 5.73 Å². The summed E-state index contributed by atoms with van der Waals surface area (Å²) in [7, 11) is -3.28. The summed E-state index contributed by atoms with van der Waals surface area (Å²) in [4.78, 5) is 2.11. The summed E-state index contributed by atoms with van der Waals surface area (Å²) in [6.45, 7) is 8.37. The van der Waals surface area contributed by atoms with E-state index in [9.17, 15) is 13.5 Å². The van der Waals surface area contributed by atoms with E-state index in [0.717, 1.165) is 59.5 Å². The highest BCUT2D eigenvalue weighted by Crippen LogP contribution is 2.26. The van der Waals surface area contributed by atoms with Gasteiger partial charge in [0, 0.05) is 31.0 Å². The lowest BCUT2D eigenvalue weighted by atomic mass is 10.1. The number of nitrogens with zero attached hydrogens (tertiary/aromatic N) is 2. The van der Waals surface area contributed by atoms with E-state index >= 15 is 0 Å². The summed E-state index contributed by atoms with van der Waals surface area (Å²) in [5.41, 5.74) is 15.3. The number of likely N-dealkylation sites (N-methyl/N-ethyl adjacent to an activating group) is 1. The van der Waals surface area contributed by atoms with Crippen LogP contribution in [-0.2, 0) is 16.4 Å². The molecule has 0 saturated heterocycles. The highest BCUT2D eigenvalue weighted by atomic mass is 32.2. The van der Waals surface area contributed by atoms with E-state index in [0.29, 0.717) is 13.1 Å². The molecule has 2 rings (SSSR count). The molecule has 0 amide bonds. The van der Waals surface area contributed by atoms with Crippen molar-refractivity contribution < 1.29 is 13.5 Å². The highest BCUT2D eigenvalue weighted by Gasteiger charge is 2.13. The Kier molecular flexibility index (Phi) is 9.61. The largest absolute Gasteiger partial charge is 0.399 e. The number of aryl methyl sites for hydroxylation is 2. The summed E-state index contributed by atoms with van der Waals surface area (Å²) in [5, 5.41) is 11.2. The van der Waals surface area contributed by atoms with Gasteiger partial charge in [-0.15, -0.1) is 0 Å². The molecule has 0 aliphatic carbocycles. The number of aliphatic hydroxyl groups excluding tert-OH is 1. The maximum absolute atomic E-state index is 11.5. The van der Waals surface area contributed by atoms with E-state index in [2.05, 4.69) is 41.0 Å². The van der Waals surface area contributed by atoms with Crippen LogP contribution in [0, 0.1) is 6.92 Å². The minimum absolute atomic E-state index is 0.102. The molecule has 0 unspecified atom stereocenters. The van der Waals surface area contributed by atoms with Gasteiger partial charge in [0.2, 0.25) is 10.0 Å². The Hall–Kier alpha value is -2.49. The Morgan fingerprint density at radius 3 is 2.38 bits per heavy atom. The van der Waals surface area contributed by atoms with Crippen molar-refractivity contribution in [3.8, 4) is 0 Å². The maximum Gasteiger partial charge on any atom is 0.208 e. The van der Waals surface area contributed by atoms with E-state index in [1.54, 1.807) is 0 Å². The molecule has 2 aromatic carbocycles. The number of anilines is 4. The number of nitrogens with two attached hydrogens (primary N) is 1. The zero-order valence-corrected chi connectivity index (χ0v) is 20.4. The molecule has 0 fully saturated rings. The lowest BCUT2D eigenvalue weighted by molar-refractivity contribution is 0.302. The van der Waals surface area contributed by atoms with Gasteiger partial charge >= 0.3 is 0 Å². The molecule has 9 heteroatoms. The second kappa shape index (κ2) is 11.9. The number of hydrogen-bond acceptors (Lipinski definition) is 7. The molecule has 0 radical (unpaired) electrons. The summed E-state index contributed by atoms with van der Waals surface area (Å²) in [5.74, 6) is 0. The number of sulfonamides is 1. The Balaban J connectivity index is 2.31. The summed E-state index contributed by atoms with van der Waals surface area (Å²) in [6, 6.07) is 12.0. The van der Waals surface area contributed by atoms with Gasteiger partial charge < -0.3 is 15.7 Å². The predicted molar refractivity (Wildman–Crippen MR) is 135 cm³/mol. The SMILES string of the molecule is CCCc1cc(N(CCNS(C)(=O)=O)Nc2ccc(N(CC)CCO)cc2C)ccc1N. The minimum atomic E-state index is -3.28. The highest BCUT2D eigenvalue weighted by molar-refractivity contribution is 7.88. The number of hydrogen-bond donors (Lipinski definition) is 4. The van der Waals surface area contributed by atoms with Gasteiger partial charge in [0.05, 0.1) is 30.8 Å². The Labute approximate surface area is 192 Å². The Morgan fingerprint density at radius 2 is 1.78 bits per heavy atom. The van der Waals surface area contributed by atoms with Crippen molar-refractivity contribution in [3.63, 3.8) is 0 Å². The van der Waals surface area contributed by atoms with Crippen LogP contribution in [0.5, 0.6) is 0 Å². The first-order valence-electron chi connectivity index (χ1n) is 11.0.